The SMILES string of the molecule is Cc1ccc(NS(=O)(=O)c2ccc(C(=O)N3CCN(C(=O)c4ccco4)CC3)cc2)cc1. The third-order valence-corrected chi connectivity index (χ3v) is 6.70. The lowest BCUT2D eigenvalue weighted by Gasteiger charge is -2.34. The molecule has 1 N–H and O–H groups in total. The first-order chi connectivity index (χ1) is 15.3. The molecule has 0 bridgehead atoms. The van der Waals surface area contributed by atoms with E-state index in [0.717, 1.165) is 5.56 Å². The van der Waals surface area contributed by atoms with Gasteiger partial charge in [0.15, 0.2) is 5.76 Å². The van der Waals surface area contributed by atoms with E-state index in [1.165, 1.54) is 30.5 Å². The van der Waals surface area contributed by atoms with Crippen molar-refractivity contribution in [2.45, 2.75) is 11.8 Å². The number of anilines is 1. The predicted molar refractivity (Wildman–Crippen MR) is 119 cm³/mol. The van der Waals surface area contributed by atoms with E-state index in [1.54, 1.807) is 34.1 Å². The first kappa shape index (κ1) is 21.6. The van der Waals surface area contributed by atoms with Crippen LogP contribution in [0.25, 0.3) is 0 Å². The topological polar surface area (TPSA) is 99.9 Å². The van der Waals surface area contributed by atoms with Gasteiger partial charge in [0.1, 0.15) is 0 Å². The molecular weight excluding hydrogens is 430 g/mol. The lowest BCUT2D eigenvalue weighted by atomic mass is 10.2. The minimum atomic E-state index is -3.76. The van der Waals surface area contributed by atoms with Gasteiger partial charge in [0.25, 0.3) is 21.8 Å². The Labute approximate surface area is 186 Å². The van der Waals surface area contributed by atoms with Crippen LogP contribution in [0, 0.1) is 6.92 Å². The Morgan fingerprint density at radius 2 is 1.44 bits per heavy atom. The van der Waals surface area contributed by atoms with Crippen LogP contribution < -0.4 is 4.72 Å². The number of hydrogen-bond acceptors (Lipinski definition) is 5. The molecule has 0 saturated carbocycles. The van der Waals surface area contributed by atoms with Crippen molar-refractivity contribution in [3.05, 3.63) is 83.8 Å². The molecule has 2 aromatic carbocycles. The Kier molecular flexibility index (Phi) is 6.00. The van der Waals surface area contributed by atoms with Crippen LogP contribution in [-0.2, 0) is 10.0 Å². The molecule has 1 aromatic heterocycles. The first-order valence-electron chi connectivity index (χ1n) is 10.1. The summed E-state index contributed by atoms with van der Waals surface area (Å²) in [6.07, 6.45) is 1.45. The van der Waals surface area contributed by atoms with Crippen LogP contribution in [0.15, 0.2) is 76.2 Å². The van der Waals surface area contributed by atoms with Gasteiger partial charge < -0.3 is 14.2 Å². The van der Waals surface area contributed by atoms with E-state index in [1.807, 2.05) is 19.1 Å². The summed E-state index contributed by atoms with van der Waals surface area (Å²) in [6.45, 7) is 3.50. The lowest BCUT2D eigenvalue weighted by molar-refractivity contribution is 0.0518. The van der Waals surface area contributed by atoms with Gasteiger partial charge in [-0.3, -0.25) is 14.3 Å². The van der Waals surface area contributed by atoms with Crippen LogP contribution in [0.1, 0.15) is 26.5 Å². The zero-order valence-corrected chi connectivity index (χ0v) is 18.3. The average molecular weight is 454 g/mol. The van der Waals surface area contributed by atoms with Crippen molar-refractivity contribution < 1.29 is 22.4 Å². The minimum Gasteiger partial charge on any atom is -0.459 e. The minimum absolute atomic E-state index is 0.0727. The number of nitrogens with one attached hydrogen (secondary N) is 1. The Morgan fingerprint density at radius 1 is 0.844 bits per heavy atom. The number of piperazine rings is 1. The third-order valence-electron chi connectivity index (χ3n) is 5.30. The summed E-state index contributed by atoms with van der Waals surface area (Å²) < 4.78 is 32.9. The third kappa shape index (κ3) is 4.67. The number of benzene rings is 2. The molecule has 1 saturated heterocycles. The largest absolute Gasteiger partial charge is 0.459 e. The van der Waals surface area contributed by atoms with Gasteiger partial charge in [0.2, 0.25) is 0 Å². The molecule has 1 aliphatic heterocycles. The molecule has 2 heterocycles. The highest BCUT2D eigenvalue weighted by Gasteiger charge is 2.27. The summed E-state index contributed by atoms with van der Waals surface area (Å²) in [5.74, 6) is -0.121. The zero-order valence-electron chi connectivity index (χ0n) is 17.5. The molecule has 3 aromatic rings. The van der Waals surface area contributed by atoms with Crippen LogP contribution in [0.5, 0.6) is 0 Å². The number of carbonyl (C=O) groups is 2. The summed E-state index contributed by atoms with van der Waals surface area (Å²) in [5, 5.41) is 0. The normalized spacial score (nSPS) is 14.3. The Morgan fingerprint density at radius 3 is 2.00 bits per heavy atom. The van der Waals surface area contributed by atoms with E-state index in [2.05, 4.69) is 4.72 Å². The monoisotopic (exact) mass is 453 g/mol. The summed E-state index contributed by atoms with van der Waals surface area (Å²) >= 11 is 0. The molecule has 0 aliphatic carbocycles. The molecule has 9 heteroatoms. The standard InChI is InChI=1S/C23H23N3O5S/c1-17-4-8-19(9-5-17)24-32(29,30)20-10-6-18(7-11-20)22(27)25-12-14-26(15-13-25)23(28)21-3-2-16-31-21/h2-11,16,24H,12-15H2,1H3. The van der Waals surface area contributed by atoms with E-state index in [-0.39, 0.29) is 22.5 Å². The Balaban J connectivity index is 1.38. The fourth-order valence-electron chi connectivity index (χ4n) is 3.46. The molecule has 0 unspecified atom stereocenters. The molecule has 1 fully saturated rings. The molecule has 0 spiro atoms. The molecule has 0 atom stereocenters. The maximum Gasteiger partial charge on any atom is 0.289 e. The summed E-state index contributed by atoms with van der Waals surface area (Å²) in [6, 6.07) is 16.2. The number of sulfonamides is 1. The highest BCUT2D eigenvalue weighted by atomic mass is 32.2. The number of carbonyl (C=O) groups excluding carboxylic acids is 2. The van der Waals surface area contributed by atoms with Crippen molar-refractivity contribution in [2.75, 3.05) is 30.9 Å². The molecule has 2 amide bonds. The molecule has 8 nitrogen and oxygen atoms in total. The number of rotatable bonds is 5. The fourth-order valence-corrected chi connectivity index (χ4v) is 4.52. The van der Waals surface area contributed by atoms with Gasteiger partial charge >= 0.3 is 0 Å². The van der Waals surface area contributed by atoms with E-state index >= 15 is 0 Å². The molecule has 32 heavy (non-hydrogen) atoms. The second-order valence-corrected chi connectivity index (χ2v) is 9.24. The van der Waals surface area contributed by atoms with Crippen molar-refractivity contribution in [1.82, 2.24) is 9.80 Å². The van der Waals surface area contributed by atoms with Gasteiger partial charge in [0, 0.05) is 37.4 Å². The zero-order chi connectivity index (χ0) is 22.7. The van der Waals surface area contributed by atoms with Gasteiger partial charge in [-0.15, -0.1) is 0 Å². The van der Waals surface area contributed by atoms with Crippen LogP contribution in [-0.4, -0.2) is 56.2 Å². The maximum absolute atomic E-state index is 12.8. The van der Waals surface area contributed by atoms with E-state index in [0.29, 0.717) is 37.4 Å². The number of furan rings is 1. The van der Waals surface area contributed by atoms with Crippen molar-refractivity contribution in [3.8, 4) is 0 Å². The van der Waals surface area contributed by atoms with Crippen molar-refractivity contribution in [2.24, 2.45) is 0 Å². The highest BCUT2D eigenvalue weighted by Crippen LogP contribution is 2.18. The van der Waals surface area contributed by atoms with Gasteiger partial charge in [-0.1, -0.05) is 17.7 Å². The lowest BCUT2D eigenvalue weighted by Crippen LogP contribution is -2.50. The van der Waals surface area contributed by atoms with Crippen molar-refractivity contribution in [1.29, 1.82) is 0 Å². The van der Waals surface area contributed by atoms with Gasteiger partial charge in [-0.2, -0.15) is 0 Å². The van der Waals surface area contributed by atoms with E-state index in [9.17, 15) is 18.0 Å². The first-order valence-corrected chi connectivity index (χ1v) is 11.6. The molecule has 4 rings (SSSR count). The number of aryl methyl sites for hydroxylation is 1. The molecule has 1 aliphatic rings. The molecular formula is C23H23N3O5S. The van der Waals surface area contributed by atoms with Crippen LogP contribution >= 0.6 is 0 Å². The number of amides is 2. The number of hydrogen-bond donors (Lipinski definition) is 1. The van der Waals surface area contributed by atoms with Crippen LogP contribution in [0.3, 0.4) is 0 Å². The summed E-state index contributed by atoms with van der Waals surface area (Å²) in [4.78, 5) is 28.6. The quantitative estimate of drug-likeness (QED) is 0.640. The predicted octanol–water partition coefficient (Wildman–Crippen LogP) is 2.99. The fraction of sp³-hybridized carbons (Fsp3) is 0.217. The summed E-state index contributed by atoms with van der Waals surface area (Å²) in [7, 11) is -3.76. The van der Waals surface area contributed by atoms with E-state index < -0.39 is 10.0 Å². The smallest absolute Gasteiger partial charge is 0.289 e. The Bertz CT molecular complexity index is 1200. The number of nitrogens with zero attached hydrogens (tertiary/aromatic N) is 2. The van der Waals surface area contributed by atoms with Gasteiger partial charge in [0.05, 0.1) is 11.2 Å². The molecule has 166 valence electrons. The van der Waals surface area contributed by atoms with Gasteiger partial charge in [-0.25, -0.2) is 8.42 Å². The maximum atomic E-state index is 12.8. The van der Waals surface area contributed by atoms with Crippen molar-refractivity contribution >= 4 is 27.5 Å². The summed E-state index contributed by atoms with van der Waals surface area (Å²) in [5.41, 5.74) is 1.89. The van der Waals surface area contributed by atoms with Crippen molar-refractivity contribution in [3.63, 3.8) is 0 Å². The second-order valence-electron chi connectivity index (χ2n) is 7.56. The molecule has 0 radical (unpaired) electrons. The van der Waals surface area contributed by atoms with Gasteiger partial charge in [-0.05, 0) is 55.5 Å². The van der Waals surface area contributed by atoms with Crippen LogP contribution in [0.4, 0.5) is 5.69 Å². The van der Waals surface area contributed by atoms with Crippen LogP contribution in [0.2, 0.25) is 0 Å². The highest BCUT2D eigenvalue weighted by molar-refractivity contribution is 7.92. The average Bonchev–Trinajstić information content (AvgIpc) is 3.35. The Hall–Kier alpha value is -3.59. The van der Waals surface area contributed by atoms with E-state index in [4.69, 9.17) is 4.42 Å². The second kappa shape index (κ2) is 8.88.